The molecule has 0 unspecified atom stereocenters. The first-order valence-electron chi connectivity index (χ1n) is 4.06. The van der Waals surface area contributed by atoms with E-state index in [-0.39, 0.29) is 0 Å². The molecule has 1 amide bonds. The van der Waals surface area contributed by atoms with Gasteiger partial charge in [0, 0.05) is 28.3 Å². The third kappa shape index (κ3) is 3.23. The molecule has 0 fully saturated rings. The van der Waals surface area contributed by atoms with E-state index in [0.717, 1.165) is 10.9 Å². The molecule has 0 radical (unpaired) electrons. The molecular weight excluding hydrogens is 266 g/mol. The SMILES string of the molecule is CN(CCc1cc(Br)cs1)C(=O)C=O. The Morgan fingerprint density at radius 1 is 1.71 bits per heavy atom. The average Bonchev–Trinajstić information content (AvgIpc) is 2.59. The molecule has 0 aliphatic rings. The van der Waals surface area contributed by atoms with E-state index in [2.05, 4.69) is 15.9 Å². The zero-order chi connectivity index (χ0) is 10.6. The van der Waals surface area contributed by atoms with Gasteiger partial charge in [0.2, 0.25) is 6.29 Å². The molecule has 1 rings (SSSR count). The van der Waals surface area contributed by atoms with Crippen LogP contribution in [0.2, 0.25) is 0 Å². The highest BCUT2D eigenvalue weighted by Gasteiger charge is 2.06. The lowest BCUT2D eigenvalue weighted by Crippen LogP contribution is -2.29. The second-order valence-electron chi connectivity index (χ2n) is 2.86. The van der Waals surface area contributed by atoms with E-state index in [1.165, 1.54) is 9.78 Å². The number of hydrogen-bond donors (Lipinski definition) is 0. The molecule has 0 saturated carbocycles. The van der Waals surface area contributed by atoms with Crippen molar-refractivity contribution in [2.24, 2.45) is 0 Å². The number of carbonyl (C=O) groups excluding carboxylic acids is 2. The van der Waals surface area contributed by atoms with Crippen LogP contribution in [0.4, 0.5) is 0 Å². The standard InChI is InChI=1S/C9H10BrNO2S/c1-11(9(13)5-12)3-2-8-4-7(10)6-14-8/h4-6H,2-3H2,1H3. The summed E-state index contributed by atoms with van der Waals surface area (Å²) in [4.78, 5) is 23.7. The fraction of sp³-hybridized carbons (Fsp3) is 0.333. The number of likely N-dealkylation sites (N-methyl/N-ethyl adjacent to an activating group) is 1. The predicted octanol–water partition coefficient (Wildman–Crippen LogP) is 1.71. The molecule has 5 heteroatoms. The molecule has 0 aliphatic heterocycles. The topological polar surface area (TPSA) is 37.4 Å². The largest absolute Gasteiger partial charge is 0.339 e. The summed E-state index contributed by atoms with van der Waals surface area (Å²) < 4.78 is 1.06. The second kappa shape index (κ2) is 5.26. The number of amides is 1. The molecule has 0 aliphatic carbocycles. The van der Waals surface area contributed by atoms with Crippen LogP contribution in [-0.4, -0.2) is 30.7 Å². The van der Waals surface area contributed by atoms with Crippen molar-refractivity contribution >= 4 is 39.5 Å². The Kier molecular flexibility index (Phi) is 4.28. The fourth-order valence-corrected chi connectivity index (χ4v) is 2.41. The average molecular weight is 276 g/mol. The smallest absolute Gasteiger partial charge is 0.286 e. The summed E-state index contributed by atoms with van der Waals surface area (Å²) in [6, 6.07) is 2.02. The Morgan fingerprint density at radius 2 is 2.43 bits per heavy atom. The highest BCUT2D eigenvalue weighted by atomic mass is 79.9. The van der Waals surface area contributed by atoms with Gasteiger partial charge in [-0.05, 0) is 28.4 Å². The maximum absolute atomic E-state index is 10.9. The van der Waals surface area contributed by atoms with Crippen molar-refractivity contribution in [3.63, 3.8) is 0 Å². The Morgan fingerprint density at radius 3 is 2.93 bits per heavy atom. The van der Waals surface area contributed by atoms with Crippen LogP contribution in [0.1, 0.15) is 4.88 Å². The summed E-state index contributed by atoms with van der Waals surface area (Å²) in [6.07, 6.45) is 1.12. The Balaban J connectivity index is 2.41. The minimum atomic E-state index is -0.472. The van der Waals surface area contributed by atoms with Gasteiger partial charge in [-0.1, -0.05) is 0 Å². The van der Waals surface area contributed by atoms with Crippen molar-refractivity contribution in [2.45, 2.75) is 6.42 Å². The quantitative estimate of drug-likeness (QED) is 0.620. The predicted molar refractivity (Wildman–Crippen MR) is 59.4 cm³/mol. The van der Waals surface area contributed by atoms with Crippen molar-refractivity contribution in [2.75, 3.05) is 13.6 Å². The lowest BCUT2D eigenvalue weighted by Gasteiger charge is -2.12. The fourth-order valence-electron chi connectivity index (χ4n) is 0.963. The summed E-state index contributed by atoms with van der Waals surface area (Å²) >= 11 is 4.99. The lowest BCUT2D eigenvalue weighted by atomic mass is 10.3. The third-order valence-electron chi connectivity index (χ3n) is 1.79. The molecule has 0 bridgehead atoms. The highest BCUT2D eigenvalue weighted by molar-refractivity contribution is 9.10. The van der Waals surface area contributed by atoms with Crippen molar-refractivity contribution in [3.8, 4) is 0 Å². The Labute approximate surface area is 94.8 Å². The minimum Gasteiger partial charge on any atom is -0.339 e. The Hall–Kier alpha value is -0.680. The first-order chi connectivity index (χ1) is 6.63. The van der Waals surface area contributed by atoms with Gasteiger partial charge in [0.05, 0.1) is 0 Å². The first-order valence-corrected chi connectivity index (χ1v) is 5.74. The van der Waals surface area contributed by atoms with Crippen LogP contribution in [0.25, 0.3) is 0 Å². The number of thiophene rings is 1. The van der Waals surface area contributed by atoms with Gasteiger partial charge in [-0.25, -0.2) is 0 Å². The number of rotatable bonds is 4. The van der Waals surface area contributed by atoms with E-state index in [4.69, 9.17) is 0 Å². The normalized spacial score (nSPS) is 9.86. The third-order valence-corrected chi connectivity index (χ3v) is 3.55. The molecular formula is C9H10BrNO2S. The van der Waals surface area contributed by atoms with Gasteiger partial charge >= 0.3 is 0 Å². The van der Waals surface area contributed by atoms with Crippen LogP contribution in [0.5, 0.6) is 0 Å². The zero-order valence-corrected chi connectivity index (χ0v) is 10.1. The number of nitrogens with zero attached hydrogens (tertiary/aromatic N) is 1. The molecule has 1 aromatic rings. The summed E-state index contributed by atoms with van der Waals surface area (Å²) in [5, 5.41) is 2.00. The monoisotopic (exact) mass is 275 g/mol. The molecule has 0 spiro atoms. The maximum Gasteiger partial charge on any atom is 0.286 e. The van der Waals surface area contributed by atoms with Crippen LogP contribution in [0, 0.1) is 0 Å². The summed E-state index contributed by atoms with van der Waals surface area (Å²) in [5.41, 5.74) is 0. The number of halogens is 1. The number of carbonyl (C=O) groups is 2. The van der Waals surface area contributed by atoms with Gasteiger partial charge < -0.3 is 4.90 Å². The maximum atomic E-state index is 10.9. The summed E-state index contributed by atoms with van der Waals surface area (Å²) in [5.74, 6) is -0.472. The van der Waals surface area contributed by atoms with Crippen molar-refractivity contribution in [3.05, 3.63) is 20.8 Å². The van der Waals surface area contributed by atoms with Crippen molar-refractivity contribution < 1.29 is 9.59 Å². The molecule has 3 nitrogen and oxygen atoms in total. The molecule has 1 aromatic heterocycles. The van der Waals surface area contributed by atoms with E-state index in [1.807, 2.05) is 11.4 Å². The van der Waals surface area contributed by atoms with Crippen LogP contribution >= 0.6 is 27.3 Å². The molecule has 0 saturated heterocycles. The molecule has 1 heterocycles. The summed E-state index contributed by atoms with van der Waals surface area (Å²) in [7, 11) is 1.62. The van der Waals surface area contributed by atoms with Crippen LogP contribution in [0.3, 0.4) is 0 Å². The van der Waals surface area contributed by atoms with Gasteiger partial charge in [0.25, 0.3) is 5.91 Å². The van der Waals surface area contributed by atoms with E-state index in [1.54, 1.807) is 18.4 Å². The first kappa shape index (κ1) is 11.4. The van der Waals surface area contributed by atoms with E-state index in [0.29, 0.717) is 12.8 Å². The van der Waals surface area contributed by atoms with Crippen LogP contribution in [0.15, 0.2) is 15.9 Å². The van der Waals surface area contributed by atoms with Gasteiger partial charge in [-0.3, -0.25) is 9.59 Å². The van der Waals surface area contributed by atoms with Gasteiger partial charge in [-0.15, -0.1) is 11.3 Å². The molecule has 0 atom stereocenters. The molecule has 76 valence electrons. The molecule has 14 heavy (non-hydrogen) atoms. The van der Waals surface area contributed by atoms with Gasteiger partial charge in [-0.2, -0.15) is 0 Å². The zero-order valence-electron chi connectivity index (χ0n) is 7.70. The van der Waals surface area contributed by atoms with E-state index < -0.39 is 5.91 Å². The van der Waals surface area contributed by atoms with Crippen molar-refractivity contribution in [1.82, 2.24) is 4.90 Å². The van der Waals surface area contributed by atoms with Crippen LogP contribution in [-0.2, 0) is 16.0 Å². The minimum absolute atomic E-state index is 0.338. The highest BCUT2D eigenvalue weighted by Crippen LogP contribution is 2.20. The van der Waals surface area contributed by atoms with E-state index in [9.17, 15) is 9.59 Å². The molecule has 0 N–H and O–H groups in total. The number of hydrogen-bond acceptors (Lipinski definition) is 3. The van der Waals surface area contributed by atoms with Crippen molar-refractivity contribution in [1.29, 1.82) is 0 Å². The lowest BCUT2D eigenvalue weighted by molar-refractivity contribution is -0.137. The summed E-state index contributed by atoms with van der Waals surface area (Å²) in [6.45, 7) is 0.574. The van der Waals surface area contributed by atoms with Gasteiger partial charge in [0.15, 0.2) is 0 Å². The molecule has 0 aromatic carbocycles. The van der Waals surface area contributed by atoms with E-state index >= 15 is 0 Å². The Bertz CT molecular complexity index is 337. The number of aldehydes is 1. The van der Waals surface area contributed by atoms with Gasteiger partial charge in [0.1, 0.15) is 0 Å². The second-order valence-corrected chi connectivity index (χ2v) is 4.77. The van der Waals surface area contributed by atoms with Crippen LogP contribution < -0.4 is 0 Å².